The number of amidine groups is 1. The van der Waals surface area contributed by atoms with E-state index in [0.29, 0.717) is 12.0 Å². The average molecular weight is 211 g/mol. The lowest BCUT2D eigenvalue weighted by molar-refractivity contribution is 0.232. The minimum atomic E-state index is -0.320. The third-order valence-corrected chi connectivity index (χ3v) is 3.49. The largest absolute Gasteiger partial charge is 0.468 e. The molecule has 2 bridgehead atoms. The zero-order valence-corrected chi connectivity index (χ0v) is 8.88. The summed E-state index contributed by atoms with van der Waals surface area (Å²) in [5, 5.41) is 12.4. The van der Waals surface area contributed by atoms with Gasteiger partial charge < -0.3 is 10.1 Å². The summed E-state index contributed by atoms with van der Waals surface area (Å²) in [4.78, 5) is 11.4. The van der Waals surface area contributed by atoms with Crippen molar-refractivity contribution in [1.82, 2.24) is 10.6 Å². The first-order chi connectivity index (χ1) is 7.19. The second-order valence-corrected chi connectivity index (χ2v) is 4.41. The third kappa shape index (κ3) is 2.22. The molecule has 0 aromatic rings. The fourth-order valence-electron chi connectivity index (χ4n) is 2.78. The number of fused-ring (bicyclic) bond motifs is 2. The van der Waals surface area contributed by atoms with Gasteiger partial charge in [-0.1, -0.05) is 6.42 Å². The highest BCUT2D eigenvalue weighted by Gasteiger charge is 2.40. The van der Waals surface area contributed by atoms with Crippen LogP contribution < -0.4 is 10.6 Å². The molecule has 0 aromatic heterocycles. The van der Waals surface area contributed by atoms with E-state index in [1.807, 2.05) is 0 Å². The minimum absolute atomic E-state index is 0.212. The lowest BCUT2D eigenvalue weighted by Crippen LogP contribution is -2.46. The van der Waals surface area contributed by atoms with Crippen molar-refractivity contribution in [2.75, 3.05) is 7.11 Å². The Balaban J connectivity index is 1.77. The van der Waals surface area contributed by atoms with Crippen molar-refractivity contribution in [1.29, 1.82) is 5.41 Å². The molecule has 0 heterocycles. The van der Waals surface area contributed by atoms with E-state index in [1.165, 1.54) is 26.4 Å². The van der Waals surface area contributed by atoms with Gasteiger partial charge >= 0.3 is 6.03 Å². The molecule has 3 N–H and O–H groups in total. The highest BCUT2D eigenvalue weighted by molar-refractivity contribution is 5.91. The number of hydrogen-bond acceptors (Lipinski definition) is 3. The van der Waals surface area contributed by atoms with E-state index in [4.69, 9.17) is 5.41 Å². The molecule has 0 aromatic carbocycles. The molecule has 2 aliphatic carbocycles. The van der Waals surface area contributed by atoms with Crippen LogP contribution in [0.3, 0.4) is 0 Å². The first-order valence-corrected chi connectivity index (χ1v) is 5.39. The van der Waals surface area contributed by atoms with Gasteiger partial charge in [-0.15, -0.1) is 0 Å². The molecule has 0 aliphatic heterocycles. The monoisotopic (exact) mass is 211 g/mol. The maximum atomic E-state index is 11.4. The molecule has 15 heavy (non-hydrogen) atoms. The molecule has 5 heteroatoms. The van der Waals surface area contributed by atoms with E-state index >= 15 is 0 Å². The molecule has 2 aliphatic rings. The summed E-state index contributed by atoms with van der Waals surface area (Å²) >= 11 is 0. The number of urea groups is 1. The number of carbonyl (C=O) groups is 1. The molecule has 2 amide bonds. The Hall–Kier alpha value is -1.26. The number of methoxy groups -OCH3 is 1. The van der Waals surface area contributed by atoms with Crippen LogP contribution in [0, 0.1) is 17.2 Å². The van der Waals surface area contributed by atoms with Gasteiger partial charge in [0.05, 0.1) is 7.11 Å². The van der Waals surface area contributed by atoms with Crippen LogP contribution in [0.15, 0.2) is 0 Å². The highest BCUT2D eigenvalue weighted by atomic mass is 16.5. The predicted octanol–water partition coefficient (Wildman–Crippen LogP) is 1.06. The van der Waals surface area contributed by atoms with Gasteiger partial charge in [0, 0.05) is 6.04 Å². The molecule has 0 spiro atoms. The molecule has 3 atom stereocenters. The molecular weight excluding hydrogens is 194 g/mol. The van der Waals surface area contributed by atoms with Crippen LogP contribution in [0.2, 0.25) is 0 Å². The fourth-order valence-corrected chi connectivity index (χ4v) is 2.78. The molecule has 3 unspecified atom stereocenters. The molecule has 84 valence electrons. The lowest BCUT2D eigenvalue weighted by atomic mass is 9.95. The van der Waals surface area contributed by atoms with Crippen molar-refractivity contribution in [3.8, 4) is 0 Å². The van der Waals surface area contributed by atoms with Crippen LogP contribution in [-0.2, 0) is 4.74 Å². The summed E-state index contributed by atoms with van der Waals surface area (Å²) in [5.41, 5.74) is 0. The molecule has 0 saturated heterocycles. The van der Waals surface area contributed by atoms with Gasteiger partial charge in [-0.2, -0.15) is 0 Å². The first kappa shape index (κ1) is 10.3. The highest BCUT2D eigenvalue weighted by Crippen LogP contribution is 2.44. The Morgan fingerprint density at radius 2 is 2.20 bits per heavy atom. The van der Waals surface area contributed by atoms with Crippen molar-refractivity contribution < 1.29 is 9.53 Å². The molecule has 2 saturated carbocycles. The number of hydrogen-bond donors (Lipinski definition) is 3. The van der Waals surface area contributed by atoms with Crippen molar-refractivity contribution in [2.24, 2.45) is 11.8 Å². The third-order valence-electron chi connectivity index (χ3n) is 3.49. The second-order valence-electron chi connectivity index (χ2n) is 4.41. The fraction of sp³-hybridized carbons (Fsp3) is 0.800. The van der Waals surface area contributed by atoms with Crippen molar-refractivity contribution >= 4 is 12.1 Å². The van der Waals surface area contributed by atoms with Gasteiger partial charge in [0.25, 0.3) is 6.02 Å². The topological polar surface area (TPSA) is 74.2 Å². The summed E-state index contributed by atoms with van der Waals surface area (Å²) in [6.07, 6.45) is 4.90. The van der Waals surface area contributed by atoms with E-state index in [-0.39, 0.29) is 12.1 Å². The minimum Gasteiger partial charge on any atom is -0.468 e. The van der Waals surface area contributed by atoms with Crippen LogP contribution in [0.1, 0.15) is 25.7 Å². The van der Waals surface area contributed by atoms with E-state index in [9.17, 15) is 4.79 Å². The van der Waals surface area contributed by atoms with Gasteiger partial charge in [-0.25, -0.2) is 4.79 Å². The standard InChI is InChI=1S/C10H17N3O2/c1-15-9(11)13-10(14)12-8-5-6-2-3-7(8)4-6/h6-8H,2-5H2,1H3,(H3,11,12,13,14). The smallest absolute Gasteiger partial charge is 0.323 e. The molecule has 2 rings (SSSR count). The summed E-state index contributed by atoms with van der Waals surface area (Å²) < 4.78 is 4.56. The van der Waals surface area contributed by atoms with Crippen LogP contribution >= 0.6 is 0 Å². The van der Waals surface area contributed by atoms with Crippen LogP contribution in [-0.4, -0.2) is 25.2 Å². The number of ether oxygens (including phenoxy) is 1. The lowest BCUT2D eigenvalue weighted by Gasteiger charge is -2.22. The molecule has 2 fully saturated rings. The van der Waals surface area contributed by atoms with Gasteiger partial charge in [-0.3, -0.25) is 10.7 Å². The van der Waals surface area contributed by atoms with E-state index in [0.717, 1.165) is 12.3 Å². The van der Waals surface area contributed by atoms with Crippen LogP contribution in [0.5, 0.6) is 0 Å². The molecular formula is C10H17N3O2. The summed E-state index contributed by atoms with van der Waals surface area (Å²) in [7, 11) is 1.36. The maximum absolute atomic E-state index is 11.4. The average Bonchev–Trinajstić information content (AvgIpc) is 2.78. The number of carbonyl (C=O) groups excluding carboxylic acids is 1. The first-order valence-electron chi connectivity index (χ1n) is 5.39. The quantitative estimate of drug-likeness (QED) is 0.448. The normalized spacial score (nSPS) is 32.5. The Morgan fingerprint density at radius 3 is 2.73 bits per heavy atom. The van der Waals surface area contributed by atoms with Gasteiger partial charge in [0.1, 0.15) is 0 Å². The number of rotatable bonds is 1. The summed E-state index contributed by atoms with van der Waals surface area (Å²) in [6, 6.07) is -0.233. The number of amides is 2. The summed E-state index contributed by atoms with van der Waals surface area (Å²) in [6.45, 7) is 0. The van der Waals surface area contributed by atoms with Gasteiger partial charge in [0.2, 0.25) is 0 Å². The van der Waals surface area contributed by atoms with Crippen molar-refractivity contribution in [2.45, 2.75) is 31.7 Å². The van der Waals surface area contributed by atoms with E-state index < -0.39 is 0 Å². The van der Waals surface area contributed by atoms with Crippen molar-refractivity contribution in [3.63, 3.8) is 0 Å². The maximum Gasteiger partial charge on any atom is 0.323 e. The second kappa shape index (κ2) is 4.08. The van der Waals surface area contributed by atoms with Gasteiger partial charge in [0.15, 0.2) is 0 Å². The SMILES string of the molecule is COC(=N)NC(=O)NC1CC2CCC1C2. The Kier molecular flexibility index (Phi) is 2.79. The van der Waals surface area contributed by atoms with Crippen molar-refractivity contribution in [3.05, 3.63) is 0 Å². The zero-order chi connectivity index (χ0) is 10.8. The summed E-state index contributed by atoms with van der Waals surface area (Å²) in [5.74, 6) is 1.46. The molecule has 5 nitrogen and oxygen atoms in total. The zero-order valence-electron chi connectivity index (χ0n) is 8.88. The van der Waals surface area contributed by atoms with Gasteiger partial charge in [-0.05, 0) is 31.1 Å². The number of nitrogens with one attached hydrogen (secondary N) is 3. The van der Waals surface area contributed by atoms with Crippen LogP contribution in [0.25, 0.3) is 0 Å². The Labute approximate surface area is 89.1 Å². The Bertz CT molecular complexity index is 280. The van der Waals surface area contributed by atoms with E-state index in [1.54, 1.807) is 0 Å². The van der Waals surface area contributed by atoms with E-state index in [2.05, 4.69) is 15.4 Å². The molecule has 0 radical (unpaired) electrons. The Morgan fingerprint density at radius 1 is 1.40 bits per heavy atom. The predicted molar refractivity (Wildman–Crippen MR) is 55.6 cm³/mol. The van der Waals surface area contributed by atoms with Crippen LogP contribution in [0.4, 0.5) is 4.79 Å².